The molecule has 198 valence electrons. The summed E-state index contributed by atoms with van der Waals surface area (Å²) in [5, 5.41) is 0. The highest BCUT2D eigenvalue weighted by Gasteiger charge is 2.10. The van der Waals surface area contributed by atoms with E-state index in [4.69, 9.17) is 9.47 Å². The van der Waals surface area contributed by atoms with E-state index < -0.39 is 0 Å². The summed E-state index contributed by atoms with van der Waals surface area (Å²) in [6.07, 6.45) is 12.7. The first-order chi connectivity index (χ1) is 18.1. The fourth-order valence-corrected chi connectivity index (χ4v) is 4.52. The molecule has 3 aromatic rings. The Morgan fingerprint density at radius 3 is 1.84 bits per heavy atom. The molecule has 0 spiro atoms. The van der Waals surface area contributed by atoms with Gasteiger partial charge < -0.3 is 9.47 Å². The first kappa shape index (κ1) is 28.7. The highest BCUT2D eigenvalue weighted by molar-refractivity contribution is 5.91. The SMILES string of the molecule is CCCCCCCCCCOC(C)c1ccc(-c2ccc(C(=O)Oc3ccc(CCC)cc3)cc2)cc1. The third kappa shape index (κ3) is 9.81. The molecular weight excluding hydrogens is 456 g/mol. The number of hydrogen-bond donors (Lipinski definition) is 0. The molecule has 0 fully saturated rings. The fraction of sp³-hybridized carbons (Fsp3) is 0.441. The van der Waals surface area contributed by atoms with Gasteiger partial charge in [-0.1, -0.05) is 114 Å². The second kappa shape index (κ2) is 16.0. The number of carbonyl (C=O) groups is 1. The minimum atomic E-state index is -0.340. The molecule has 3 heteroatoms. The first-order valence-electron chi connectivity index (χ1n) is 14.2. The summed E-state index contributed by atoms with van der Waals surface area (Å²) in [5.74, 6) is 0.232. The molecule has 0 aromatic heterocycles. The predicted molar refractivity (Wildman–Crippen MR) is 154 cm³/mol. The van der Waals surface area contributed by atoms with E-state index in [-0.39, 0.29) is 12.1 Å². The van der Waals surface area contributed by atoms with Crippen molar-refractivity contribution in [2.24, 2.45) is 0 Å². The van der Waals surface area contributed by atoms with Crippen molar-refractivity contribution >= 4 is 5.97 Å². The second-order valence-corrected chi connectivity index (χ2v) is 9.97. The molecular formula is C34H44O3. The van der Waals surface area contributed by atoms with Gasteiger partial charge in [-0.25, -0.2) is 4.79 Å². The third-order valence-electron chi connectivity index (χ3n) is 6.87. The number of benzene rings is 3. The van der Waals surface area contributed by atoms with E-state index in [0.717, 1.165) is 37.0 Å². The van der Waals surface area contributed by atoms with Gasteiger partial charge in [-0.05, 0) is 66.3 Å². The van der Waals surface area contributed by atoms with Gasteiger partial charge in [0.05, 0.1) is 11.7 Å². The molecule has 0 aliphatic carbocycles. The van der Waals surface area contributed by atoms with Gasteiger partial charge in [-0.3, -0.25) is 0 Å². The average Bonchev–Trinajstić information content (AvgIpc) is 2.93. The van der Waals surface area contributed by atoms with E-state index >= 15 is 0 Å². The molecule has 3 aromatic carbocycles. The van der Waals surface area contributed by atoms with Gasteiger partial charge in [0.2, 0.25) is 0 Å². The van der Waals surface area contributed by atoms with E-state index in [9.17, 15) is 4.79 Å². The fourth-order valence-electron chi connectivity index (χ4n) is 4.52. The van der Waals surface area contributed by atoms with Crippen LogP contribution in [0, 0.1) is 0 Å². The Morgan fingerprint density at radius 1 is 0.676 bits per heavy atom. The number of rotatable bonds is 16. The number of esters is 1. The van der Waals surface area contributed by atoms with Crippen LogP contribution in [-0.2, 0) is 11.2 Å². The summed E-state index contributed by atoms with van der Waals surface area (Å²) in [4.78, 5) is 12.6. The largest absolute Gasteiger partial charge is 0.423 e. The number of carbonyl (C=O) groups excluding carboxylic acids is 1. The Morgan fingerprint density at radius 2 is 1.24 bits per heavy atom. The summed E-state index contributed by atoms with van der Waals surface area (Å²) in [7, 11) is 0. The molecule has 0 N–H and O–H groups in total. The van der Waals surface area contributed by atoms with Crippen molar-refractivity contribution in [3.63, 3.8) is 0 Å². The van der Waals surface area contributed by atoms with Crippen molar-refractivity contribution in [3.05, 3.63) is 89.5 Å². The molecule has 3 nitrogen and oxygen atoms in total. The molecule has 0 radical (unpaired) electrons. The van der Waals surface area contributed by atoms with E-state index in [1.165, 1.54) is 56.1 Å². The Labute approximate surface area is 224 Å². The molecule has 0 aliphatic heterocycles. The zero-order chi connectivity index (χ0) is 26.3. The quantitative estimate of drug-likeness (QED) is 0.111. The standard InChI is InChI=1S/C34H44O3/c1-4-6-7-8-9-10-11-12-26-36-27(3)29-16-18-30(19-17-29)31-20-22-32(23-21-31)34(35)37-33-24-14-28(13-5-2)15-25-33/h14-25,27H,4-13,26H2,1-3H3. The molecule has 0 bridgehead atoms. The van der Waals surface area contributed by atoms with Gasteiger partial charge in [0.1, 0.15) is 5.75 Å². The van der Waals surface area contributed by atoms with Crippen LogP contribution in [0.25, 0.3) is 11.1 Å². The smallest absolute Gasteiger partial charge is 0.343 e. The maximum atomic E-state index is 12.6. The minimum Gasteiger partial charge on any atom is -0.423 e. The highest BCUT2D eigenvalue weighted by atomic mass is 16.5. The lowest BCUT2D eigenvalue weighted by Gasteiger charge is -2.14. The van der Waals surface area contributed by atoms with Crippen molar-refractivity contribution in [2.75, 3.05) is 6.61 Å². The van der Waals surface area contributed by atoms with Crippen molar-refractivity contribution in [2.45, 2.75) is 91.1 Å². The van der Waals surface area contributed by atoms with Crippen LogP contribution in [0.15, 0.2) is 72.8 Å². The zero-order valence-corrected chi connectivity index (χ0v) is 23.0. The Kier molecular flexibility index (Phi) is 12.4. The normalized spacial score (nSPS) is 11.9. The molecule has 0 saturated carbocycles. The van der Waals surface area contributed by atoms with Crippen molar-refractivity contribution in [3.8, 4) is 16.9 Å². The maximum Gasteiger partial charge on any atom is 0.343 e. The van der Waals surface area contributed by atoms with Crippen LogP contribution in [-0.4, -0.2) is 12.6 Å². The minimum absolute atomic E-state index is 0.0896. The third-order valence-corrected chi connectivity index (χ3v) is 6.87. The lowest BCUT2D eigenvalue weighted by atomic mass is 10.0. The van der Waals surface area contributed by atoms with Gasteiger partial charge >= 0.3 is 5.97 Å². The molecule has 0 heterocycles. The Hall–Kier alpha value is -2.91. The lowest BCUT2D eigenvalue weighted by Crippen LogP contribution is -2.08. The Balaban J connectivity index is 1.43. The molecule has 0 saturated heterocycles. The van der Waals surface area contributed by atoms with Crippen LogP contribution in [0.1, 0.15) is 106 Å². The van der Waals surface area contributed by atoms with Crippen LogP contribution in [0.4, 0.5) is 0 Å². The molecule has 0 aliphatic rings. The van der Waals surface area contributed by atoms with Crippen LogP contribution in [0.2, 0.25) is 0 Å². The number of aryl methyl sites for hydroxylation is 1. The summed E-state index contributed by atoms with van der Waals surface area (Å²) < 4.78 is 11.6. The van der Waals surface area contributed by atoms with Crippen molar-refractivity contribution in [1.82, 2.24) is 0 Å². The number of ether oxygens (including phenoxy) is 2. The molecule has 37 heavy (non-hydrogen) atoms. The highest BCUT2D eigenvalue weighted by Crippen LogP contribution is 2.25. The Bertz CT molecular complexity index is 1040. The summed E-state index contributed by atoms with van der Waals surface area (Å²) in [5.41, 5.74) is 5.17. The average molecular weight is 501 g/mol. The van der Waals surface area contributed by atoms with Crippen LogP contribution in [0.3, 0.4) is 0 Å². The zero-order valence-electron chi connectivity index (χ0n) is 23.0. The van der Waals surface area contributed by atoms with Crippen LogP contribution in [0.5, 0.6) is 5.75 Å². The monoisotopic (exact) mass is 500 g/mol. The van der Waals surface area contributed by atoms with Gasteiger partial charge in [0, 0.05) is 6.61 Å². The van der Waals surface area contributed by atoms with Gasteiger partial charge in [0.25, 0.3) is 0 Å². The van der Waals surface area contributed by atoms with E-state index in [0.29, 0.717) is 11.3 Å². The predicted octanol–water partition coefficient (Wildman–Crippen LogP) is 9.74. The van der Waals surface area contributed by atoms with Gasteiger partial charge in [-0.15, -0.1) is 0 Å². The summed E-state index contributed by atoms with van der Waals surface area (Å²) in [6, 6.07) is 23.9. The van der Waals surface area contributed by atoms with Crippen molar-refractivity contribution in [1.29, 1.82) is 0 Å². The van der Waals surface area contributed by atoms with E-state index in [2.05, 4.69) is 45.0 Å². The molecule has 1 unspecified atom stereocenters. The molecule has 3 rings (SSSR count). The number of hydrogen-bond acceptors (Lipinski definition) is 3. The summed E-state index contributed by atoms with van der Waals surface area (Å²) >= 11 is 0. The van der Waals surface area contributed by atoms with Crippen LogP contribution >= 0.6 is 0 Å². The van der Waals surface area contributed by atoms with Crippen LogP contribution < -0.4 is 4.74 Å². The topological polar surface area (TPSA) is 35.5 Å². The van der Waals surface area contributed by atoms with Gasteiger partial charge in [0.15, 0.2) is 0 Å². The van der Waals surface area contributed by atoms with E-state index in [1.807, 2.05) is 48.5 Å². The lowest BCUT2D eigenvalue weighted by molar-refractivity contribution is 0.0627. The first-order valence-corrected chi connectivity index (χ1v) is 14.2. The molecule has 0 amide bonds. The summed E-state index contributed by atoms with van der Waals surface area (Å²) in [6.45, 7) is 7.36. The van der Waals surface area contributed by atoms with Gasteiger partial charge in [-0.2, -0.15) is 0 Å². The number of unbranched alkanes of at least 4 members (excludes halogenated alkanes) is 7. The van der Waals surface area contributed by atoms with Crippen molar-refractivity contribution < 1.29 is 14.3 Å². The maximum absolute atomic E-state index is 12.6. The van der Waals surface area contributed by atoms with E-state index in [1.54, 1.807) is 0 Å². The second-order valence-electron chi connectivity index (χ2n) is 9.97. The molecule has 1 atom stereocenters.